The van der Waals surface area contributed by atoms with Crippen LogP contribution in [0, 0.1) is 0 Å². The van der Waals surface area contributed by atoms with Crippen molar-refractivity contribution >= 4 is 17.6 Å². The van der Waals surface area contributed by atoms with Gasteiger partial charge in [0.15, 0.2) is 0 Å². The van der Waals surface area contributed by atoms with E-state index in [-0.39, 0.29) is 18.7 Å². The number of aliphatic hydroxyl groups excluding tert-OH is 1. The van der Waals surface area contributed by atoms with Crippen LogP contribution in [0.4, 0.5) is 4.79 Å². The van der Waals surface area contributed by atoms with Gasteiger partial charge in [-0.3, -0.25) is 0 Å². The number of urea groups is 1. The molecule has 1 unspecified atom stereocenters. The summed E-state index contributed by atoms with van der Waals surface area (Å²) in [5, 5.41) is 12.1. The lowest BCUT2D eigenvalue weighted by molar-refractivity contribution is 0.157. The molecule has 17 heavy (non-hydrogen) atoms. The number of halogens is 1. The Labute approximate surface area is 105 Å². The van der Waals surface area contributed by atoms with Gasteiger partial charge < -0.3 is 15.3 Å². The molecule has 0 fully saturated rings. The molecule has 0 saturated heterocycles. The quantitative estimate of drug-likeness (QED) is 0.798. The molecule has 0 aliphatic carbocycles. The number of carbonyl (C=O) groups is 1. The molecule has 1 atom stereocenters. The molecule has 1 aromatic rings. The predicted octanol–water partition coefficient (Wildman–Crippen LogP) is 1.26. The van der Waals surface area contributed by atoms with Gasteiger partial charge in [-0.1, -0.05) is 17.7 Å². The lowest BCUT2D eigenvalue weighted by Gasteiger charge is -2.23. The van der Waals surface area contributed by atoms with Crippen LogP contribution in [0.25, 0.3) is 0 Å². The van der Waals surface area contributed by atoms with E-state index < -0.39 is 0 Å². The summed E-state index contributed by atoms with van der Waals surface area (Å²) >= 11 is 5.65. The maximum Gasteiger partial charge on any atom is 0.317 e. The topological polar surface area (TPSA) is 65.5 Å². The van der Waals surface area contributed by atoms with Crippen molar-refractivity contribution in [3.63, 3.8) is 0 Å². The van der Waals surface area contributed by atoms with E-state index in [1.54, 1.807) is 32.3 Å². The summed E-state index contributed by atoms with van der Waals surface area (Å²) in [6.45, 7) is 2.08. The van der Waals surface area contributed by atoms with Crippen molar-refractivity contribution in [3.05, 3.63) is 29.0 Å². The maximum absolute atomic E-state index is 11.6. The minimum atomic E-state index is -0.235. The van der Waals surface area contributed by atoms with Crippen LogP contribution >= 0.6 is 11.6 Å². The van der Waals surface area contributed by atoms with Gasteiger partial charge >= 0.3 is 6.03 Å². The third kappa shape index (κ3) is 4.20. The molecule has 6 heteroatoms. The molecule has 0 saturated carbocycles. The van der Waals surface area contributed by atoms with Crippen molar-refractivity contribution in [2.24, 2.45) is 0 Å². The van der Waals surface area contributed by atoms with Crippen LogP contribution in [0.15, 0.2) is 18.3 Å². The number of pyridine rings is 1. The fourth-order valence-corrected chi connectivity index (χ4v) is 1.25. The summed E-state index contributed by atoms with van der Waals surface area (Å²) in [4.78, 5) is 17.0. The number of amides is 2. The molecule has 0 aliphatic rings. The molecule has 0 aliphatic heterocycles. The van der Waals surface area contributed by atoms with Gasteiger partial charge in [0.05, 0.1) is 12.6 Å². The number of nitrogens with one attached hydrogen (secondary N) is 1. The second-order valence-electron chi connectivity index (χ2n) is 3.79. The first-order valence-electron chi connectivity index (χ1n) is 5.26. The summed E-state index contributed by atoms with van der Waals surface area (Å²) in [6, 6.07) is 3.02. The van der Waals surface area contributed by atoms with Crippen molar-refractivity contribution < 1.29 is 9.90 Å². The van der Waals surface area contributed by atoms with Crippen LogP contribution in [0.1, 0.15) is 12.5 Å². The Morgan fingerprint density at radius 1 is 1.65 bits per heavy atom. The number of nitrogens with zero attached hydrogens (tertiary/aromatic N) is 2. The Hall–Kier alpha value is -1.33. The van der Waals surface area contributed by atoms with E-state index in [0.717, 1.165) is 5.56 Å². The molecule has 5 nitrogen and oxygen atoms in total. The van der Waals surface area contributed by atoms with Gasteiger partial charge in [-0.2, -0.15) is 0 Å². The van der Waals surface area contributed by atoms with Gasteiger partial charge in [0, 0.05) is 19.8 Å². The highest BCUT2D eigenvalue weighted by Gasteiger charge is 2.13. The van der Waals surface area contributed by atoms with Gasteiger partial charge in [-0.05, 0) is 18.6 Å². The number of aromatic nitrogens is 1. The highest BCUT2D eigenvalue weighted by Crippen LogP contribution is 2.05. The van der Waals surface area contributed by atoms with Crippen molar-refractivity contribution in [1.29, 1.82) is 0 Å². The number of hydrogen-bond donors (Lipinski definition) is 2. The molecule has 0 radical (unpaired) electrons. The SMILES string of the molecule is CC(CO)N(C)C(=O)NCc1ccc(Cl)nc1. The van der Waals surface area contributed by atoms with E-state index in [1.807, 2.05) is 0 Å². The van der Waals surface area contributed by atoms with Gasteiger partial charge in [0.1, 0.15) is 5.15 Å². The first-order chi connectivity index (χ1) is 8.04. The summed E-state index contributed by atoms with van der Waals surface area (Å²) in [5.74, 6) is 0. The molecule has 0 bridgehead atoms. The number of rotatable bonds is 4. The minimum Gasteiger partial charge on any atom is -0.394 e. The molecule has 1 aromatic heterocycles. The Kier molecular flexibility index (Phi) is 5.18. The fourth-order valence-electron chi connectivity index (χ4n) is 1.14. The minimum absolute atomic E-state index is 0.0631. The first-order valence-corrected chi connectivity index (χ1v) is 5.64. The Morgan fingerprint density at radius 2 is 2.35 bits per heavy atom. The third-order valence-electron chi connectivity index (χ3n) is 2.48. The molecule has 1 heterocycles. The van der Waals surface area contributed by atoms with Crippen LogP contribution < -0.4 is 5.32 Å². The highest BCUT2D eigenvalue weighted by molar-refractivity contribution is 6.29. The Balaban J connectivity index is 2.45. The van der Waals surface area contributed by atoms with Crippen LogP contribution in [0.2, 0.25) is 5.15 Å². The Morgan fingerprint density at radius 3 is 2.88 bits per heavy atom. The standard InChI is InChI=1S/C11H16ClN3O2/c1-8(7-16)15(2)11(17)14-6-9-3-4-10(12)13-5-9/h3-5,8,16H,6-7H2,1-2H3,(H,14,17). The lowest BCUT2D eigenvalue weighted by Crippen LogP contribution is -2.43. The normalized spacial score (nSPS) is 12.0. The first kappa shape index (κ1) is 13.7. The molecule has 2 N–H and O–H groups in total. The second-order valence-corrected chi connectivity index (χ2v) is 4.18. The number of likely N-dealkylation sites (N-methyl/N-ethyl adjacent to an activating group) is 1. The molecule has 2 amide bonds. The van der Waals surface area contributed by atoms with Gasteiger partial charge in [-0.15, -0.1) is 0 Å². The van der Waals surface area contributed by atoms with Gasteiger partial charge in [-0.25, -0.2) is 9.78 Å². The molecular formula is C11H16ClN3O2. The fraction of sp³-hybridized carbons (Fsp3) is 0.455. The summed E-state index contributed by atoms with van der Waals surface area (Å²) in [5.41, 5.74) is 0.868. The third-order valence-corrected chi connectivity index (χ3v) is 2.70. The summed E-state index contributed by atoms with van der Waals surface area (Å²) < 4.78 is 0. The van der Waals surface area contributed by atoms with Crippen molar-refractivity contribution in [1.82, 2.24) is 15.2 Å². The van der Waals surface area contributed by atoms with Gasteiger partial charge in [0.25, 0.3) is 0 Å². The van der Waals surface area contributed by atoms with E-state index in [9.17, 15) is 4.79 Å². The molecule has 0 aromatic carbocycles. The smallest absolute Gasteiger partial charge is 0.317 e. The van der Waals surface area contributed by atoms with Crippen molar-refractivity contribution in [3.8, 4) is 0 Å². The predicted molar refractivity (Wildman–Crippen MR) is 65.8 cm³/mol. The molecular weight excluding hydrogens is 242 g/mol. The van der Waals surface area contributed by atoms with Crippen LogP contribution in [0.3, 0.4) is 0 Å². The van der Waals surface area contributed by atoms with E-state index in [0.29, 0.717) is 11.7 Å². The summed E-state index contributed by atoms with van der Waals surface area (Å²) in [6.07, 6.45) is 1.61. The number of carbonyl (C=O) groups excluding carboxylic acids is 1. The second kappa shape index (κ2) is 6.42. The molecule has 0 spiro atoms. The average molecular weight is 258 g/mol. The maximum atomic E-state index is 11.6. The number of hydrogen-bond acceptors (Lipinski definition) is 3. The highest BCUT2D eigenvalue weighted by atomic mass is 35.5. The van der Waals surface area contributed by atoms with E-state index in [2.05, 4.69) is 10.3 Å². The van der Waals surface area contributed by atoms with Crippen molar-refractivity contribution in [2.75, 3.05) is 13.7 Å². The van der Waals surface area contributed by atoms with E-state index in [1.165, 1.54) is 4.90 Å². The largest absolute Gasteiger partial charge is 0.394 e. The van der Waals surface area contributed by atoms with Crippen molar-refractivity contribution in [2.45, 2.75) is 19.5 Å². The van der Waals surface area contributed by atoms with Crippen LogP contribution in [-0.2, 0) is 6.54 Å². The zero-order valence-corrected chi connectivity index (χ0v) is 10.6. The van der Waals surface area contributed by atoms with Crippen LogP contribution in [-0.4, -0.2) is 40.7 Å². The average Bonchev–Trinajstić information content (AvgIpc) is 2.35. The Bertz CT molecular complexity index is 369. The monoisotopic (exact) mass is 257 g/mol. The van der Waals surface area contributed by atoms with E-state index >= 15 is 0 Å². The summed E-state index contributed by atoms with van der Waals surface area (Å²) in [7, 11) is 1.64. The van der Waals surface area contributed by atoms with Crippen LogP contribution in [0.5, 0.6) is 0 Å². The van der Waals surface area contributed by atoms with E-state index in [4.69, 9.17) is 16.7 Å². The zero-order valence-electron chi connectivity index (χ0n) is 9.85. The molecule has 1 rings (SSSR count). The number of aliphatic hydroxyl groups is 1. The molecule has 94 valence electrons. The zero-order chi connectivity index (χ0) is 12.8. The lowest BCUT2D eigenvalue weighted by atomic mass is 10.3. The van der Waals surface area contributed by atoms with Gasteiger partial charge in [0.2, 0.25) is 0 Å².